The second-order valence-electron chi connectivity index (χ2n) is 3.30. The highest BCUT2D eigenvalue weighted by atomic mass is 35.5. The molecule has 1 unspecified atom stereocenters. The van der Waals surface area contributed by atoms with Gasteiger partial charge in [0.05, 0.1) is 6.61 Å². The summed E-state index contributed by atoms with van der Waals surface area (Å²) in [5, 5.41) is 3.35. The fourth-order valence-electron chi connectivity index (χ4n) is 1.58. The van der Waals surface area contributed by atoms with E-state index in [2.05, 4.69) is 5.32 Å². The Morgan fingerprint density at radius 2 is 2.23 bits per heavy atom. The van der Waals surface area contributed by atoms with E-state index in [4.69, 9.17) is 4.74 Å². The van der Waals surface area contributed by atoms with Gasteiger partial charge < -0.3 is 10.1 Å². The van der Waals surface area contributed by atoms with Crippen molar-refractivity contribution in [3.05, 3.63) is 0 Å². The minimum Gasteiger partial charge on any atom is -0.379 e. The van der Waals surface area contributed by atoms with Gasteiger partial charge in [0, 0.05) is 6.61 Å². The summed E-state index contributed by atoms with van der Waals surface area (Å²) >= 11 is 0. The Kier molecular flexibility index (Phi) is 8.82. The first-order valence-electron chi connectivity index (χ1n) is 4.78. The van der Waals surface area contributed by atoms with Crippen molar-refractivity contribution in [1.29, 1.82) is 0 Å². The lowest BCUT2D eigenvalue weighted by molar-refractivity contribution is 0.103. The average Bonchev–Trinajstić information content (AvgIpc) is 2.14. The largest absolute Gasteiger partial charge is 0.379 e. The SMILES string of the molecule is Cl.FCCOCCC1CCCNC1. The third-order valence-electron chi connectivity index (χ3n) is 2.29. The van der Waals surface area contributed by atoms with E-state index in [0.29, 0.717) is 0 Å². The molecule has 1 fully saturated rings. The van der Waals surface area contributed by atoms with Crippen molar-refractivity contribution in [1.82, 2.24) is 5.32 Å². The zero-order chi connectivity index (χ0) is 8.65. The second kappa shape index (κ2) is 8.73. The van der Waals surface area contributed by atoms with Crippen LogP contribution in [0.25, 0.3) is 0 Å². The van der Waals surface area contributed by atoms with Crippen molar-refractivity contribution in [2.75, 3.05) is 33.0 Å². The van der Waals surface area contributed by atoms with Gasteiger partial charge in [-0.2, -0.15) is 0 Å². The number of nitrogens with one attached hydrogen (secondary N) is 1. The standard InChI is InChI=1S/C9H18FNO.ClH/c10-4-7-12-6-3-9-2-1-5-11-8-9;/h9,11H,1-8H2;1H. The molecule has 1 aliphatic heterocycles. The van der Waals surface area contributed by atoms with Crippen LogP contribution in [0.5, 0.6) is 0 Å². The number of alkyl halides is 1. The average molecular weight is 212 g/mol. The minimum absolute atomic E-state index is 0. The molecule has 1 rings (SSSR count). The van der Waals surface area contributed by atoms with Crippen LogP contribution in [0.4, 0.5) is 4.39 Å². The molecule has 0 aromatic heterocycles. The first-order valence-corrected chi connectivity index (χ1v) is 4.78. The zero-order valence-corrected chi connectivity index (χ0v) is 8.75. The van der Waals surface area contributed by atoms with Gasteiger partial charge in [-0.15, -0.1) is 12.4 Å². The molecule has 4 heteroatoms. The van der Waals surface area contributed by atoms with Crippen molar-refractivity contribution >= 4 is 12.4 Å². The molecule has 13 heavy (non-hydrogen) atoms. The normalized spacial score (nSPS) is 22.4. The number of hydrogen-bond donors (Lipinski definition) is 1. The highest BCUT2D eigenvalue weighted by molar-refractivity contribution is 5.85. The summed E-state index contributed by atoms with van der Waals surface area (Å²) in [5.74, 6) is 0.748. The fraction of sp³-hybridized carbons (Fsp3) is 1.00. The van der Waals surface area contributed by atoms with Gasteiger partial charge in [-0.25, -0.2) is 4.39 Å². The van der Waals surface area contributed by atoms with Gasteiger partial charge in [-0.1, -0.05) is 0 Å². The van der Waals surface area contributed by atoms with Crippen molar-refractivity contribution in [2.45, 2.75) is 19.3 Å². The number of hydrogen-bond acceptors (Lipinski definition) is 2. The molecule has 1 N–H and O–H groups in total. The van der Waals surface area contributed by atoms with E-state index < -0.39 is 0 Å². The molecule has 1 saturated heterocycles. The van der Waals surface area contributed by atoms with Gasteiger partial charge >= 0.3 is 0 Å². The molecule has 0 bridgehead atoms. The Balaban J connectivity index is 0.00000144. The predicted molar refractivity (Wildman–Crippen MR) is 54.3 cm³/mol. The number of piperidine rings is 1. The molecule has 0 saturated carbocycles. The lowest BCUT2D eigenvalue weighted by Gasteiger charge is -2.22. The molecule has 1 aliphatic rings. The van der Waals surface area contributed by atoms with E-state index in [0.717, 1.165) is 32.0 Å². The van der Waals surface area contributed by atoms with E-state index in [1.165, 1.54) is 12.8 Å². The van der Waals surface area contributed by atoms with Crippen LogP contribution in [0.1, 0.15) is 19.3 Å². The smallest absolute Gasteiger partial charge is 0.113 e. The zero-order valence-electron chi connectivity index (χ0n) is 7.93. The Bertz CT molecular complexity index is 110. The molecule has 0 amide bonds. The predicted octanol–water partition coefficient (Wildman–Crippen LogP) is 1.78. The highest BCUT2D eigenvalue weighted by Crippen LogP contribution is 2.13. The minimum atomic E-state index is -0.358. The second-order valence-corrected chi connectivity index (χ2v) is 3.30. The van der Waals surface area contributed by atoms with Crippen LogP contribution in [0.3, 0.4) is 0 Å². The van der Waals surface area contributed by atoms with Crippen molar-refractivity contribution in [3.63, 3.8) is 0 Å². The van der Waals surface area contributed by atoms with Crippen LogP contribution in [0, 0.1) is 5.92 Å². The number of halogens is 2. The van der Waals surface area contributed by atoms with Crippen molar-refractivity contribution in [3.8, 4) is 0 Å². The third kappa shape index (κ3) is 6.24. The fourth-order valence-corrected chi connectivity index (χ4v) is 1.58. The van der Waals surface area contributed by atoms with Gasteiger partial charge in [0.2, 0.25) is 0 Å². The summed E-state index contributed by atoms with van der Waals surface area (Å²) in [7, 11) is 0. The van der Waals surface area contributed by atoms with Crippen LogP contribution >= 0.6 is 12.4 Å². The van der Waals surface area contributed by atoms with Crippen LogP contribution in [-0.4, -0.2) is 33.0 Å². The van der Waals surface area contributed by atoms with Crippen LogP contribution in [-0.2, 0) is 4.74 Å². The van der Waals surface area contributed by atoms with Gasteiger partial charge in [-0.3, -0.25) is 0 Å². The molecule has 2 nitrogen and oxygen atoms in total. The molecule has 1 heterocycles. The molecular formula is C9H19ClFNO. The Labute approximate surface area is 85.6 Å². The van der Waals surface area contributed by atoms with Gasteiger partial charge in [-0.05, 0) is 38.3 Å². The first-order chi connectivity index (χ1) is 5.93. The lowest BCUT2D eigenvalue weighted by atomic mass is 9.97. The summed E-state index contributed by atoms with van der Waals surface area (Å²) < 4.78 is 16.7. The maximum atomic E-state index is 11.6. The van der Waals surface area contributed by atoms with Crippen LogP contribution in [0.15, 0.2) is 0 Å². The van der Waals surface area contributed by atoms with E-state index in [9.17, 15) is 4.39 Å². The molecular weight excluding hydrogens is 193 g/mol. The summed E-state index contributed by atoms with van der Waals surface area (Å²) in [4.78, 5) is 0. The molecule has 0 radical (unpaired) electrons. The summed E-state index contributed by atoms with van der Waals surface area (Å²) in [5.41, 5.74) is 0. The maximum Gasteiger partial charge on any atom is 0.113 e. The molecule has 0 aromatic rings. The molecule has 80 valence electrons. The number of ether oxygens (including phenoxy) is 1. The monoisotopic (exact) mass is 211 g/mol. The Hall–Kier alpha value is 0.140. The highest BCUT2D eigenvalue weighted by Gasteiger charge is 2.11. The maximum absolute atomic E-state index is 11.6. The van der Waals surface area contributed by atoms with Gasteiger partial charge in [0.1, 0.15) is 6.67 Å². The van der Waals surface area contributed by atoms with Gasteiger partial charge in [0.25, 0.3) is 0 Å². The molecule has 0 spiro atoms. The summed E-state index contributed by atoms with van der Waals surface area (Å²) in [6.45, 7) is 2.89. The topological polar surface area (TPSA) is 21.3 Å². The lowest BCUT2D eigenvalue weighted by Crippen LogP contribution is -2.30. The molecule has 1 atom stereocenters. The van der Waals surface area contributed by atoms with Crippen molar-refractivity contribution in [2.24, 2.45) is 5.92 Å². The first kappa shape index (κ1) is 13.1. The third-order valence-corrected chi connectivity index (χ3v) is 2.29. The van der Waals surface area contributed by atoms with Crippen LogP contribution in [0.2, 0.25) is 0 Å². The summed E-state index contributed by atoms with van der Waals surface area (Å²) in [6, 6.07) is 0. The van der Waals surface area contributed by atoms with Crippen molar-refractivity contribution < 1.29 is 9.13 Å². The Morgan fingerprint density at radius 1 is 1.38 bits per heavy atom. The van der Waals surface area contributed by atoms with Crippen LogP contribution < -0.4 is 5.32 Å². The summed E-state index contributed by atoms with van der Waals surface area (Å²) in [6.07, 6.45) is 3.65. The number of rotatable bonds is 5. The molecule has 0 aliphatic carbocycles. The van der Waals surface area contributed by atoms with E-state index in [1.807, 2.05) is 0 Å². The van der Waals surface area contributed by atoms with E-state index in [-0.39, 0.29) is 25.7 Å². The van der Waals surface area contributed by atoms with E-state index in [1.54, 1.807) is 0 Å². The molecule has 0 aromatic carbocycles. The quantitative estimate of drug-likeness (QED) is 0.701. The van der Waals surface area contributed by atoms with Gasteiger partial charge in [0.15, 0.2) is 0 Å². The van der Waals surface area contributed by atoms with E-state index >= 15 is 0 Å². The Morgan fingerprint density at radius 3 is 2.85 bits per heavy atom.